The van der Waals surface area contributed by atoms with Gasteiger partial charge in [0.2, 0.25) is 0 Å². The van der Waals surface area contributed by atoms with E-state index in [1.165, 1.54) is 0 Å². The summed E-state index contributed by atoms with van der Waals surface area (Å²) in [6.07, 6.45) is 0. The minimum Gasteiger partial charge on any atom is -0.455 e. The van der Waals surface area contributed by atoms with Gasteiger partial charge in [0.25, 0.3) is 5.91 Å². The highest BCUT2D eigenvalue weighted by Gasteiger charge is 2.13. The van der Waals surface area contributed by atoms with Crippen LogP contribution in [-0.2, 0) is 6.54 Å². The molecule has 3 aromatic rings. The molecular weight excluding hydrogens is 366 g/mol. The first kappa shape index (κ1) is 19.9. The number of carbonyl (C=O) groups excluding carboxylic acids is 2. The van der Waals surface area contributed by atoms with E-state index < -0.39 is 0 Å². The normalized spacial score (nSPS) is 10.1. The summed E-state index contributed by atoms with van der Waals surface area (Å²) in [5.74, 6) is 1.12. The first-order valence-corrected chi connectivity index (χ1v) is 9.22. The summed E-state index contributed by atoms with van der Waals surface area (Å²) in [5.41, 5.74) is 2.09. The summed E-state index contributed by atoms with van der Waals surface area (Å²) < 4.78 is 5.88. The van der Waals surface area contributed by atoms with Gasteiger partial charge in [-0.2, -0.15) is 0 Å². The van der Waals surface area contributed by atoms with E-state index in [0.717, 1.165) is 5.56 Å². The summed E-state index contributed by atoms with van der Waals surface area (Å²) in [7, 11) is 3.30. The van der Waals surface area contributed by atoms with Crippen LogP contribution in [0.4, 0.5) is 10.5 Å². The third kappa shape index (κ3) is 5.35. The Hall–Kier alpha value is -3.80. The van der Waals surface area contributed by atoms with Crippen LogP contribution in [0.2, 0.25) is 0 Å². The lowest BCUT2D eigenvalue weighted by atomic mass is 10.1. The Labute approximate surface area is 170 Å². The van der Waals surface area contributed by atoms with E-state index in [9.17, 15) is 9.59 Å². The zero-order valence-corrected chi connectivity index (χ0v) is 16.4. The number of nitrogens with zero attached hydrogens (tertiary/aromatic N) is 1. The van der Waals surface area contributed by atoms with Gasteiger partial charge in [-0.05, 0) is 42.0 Å². The number of carbonyl (C=O) groups is 2. The van der Waals surface area contributed by atoms with E-state index in [2.05, 4.69) is 10.6 Å². The molecule has 0 spiro atoms. The average Bonchev–Trinajstić information content (AvgIpc) is 2.75. The number of rotatable bonds is 6. The van der Waals surface area contributed by atoms with Crippen LogP contribution >= 0.6 is 0 Å². The quantitative estimate of drug-likeness (QED) is 0.652. The Morgan fingerprint density at radius 2 is 1.55 bits per heavy atom. The number of nitrogens with one attached hydrogen (secondary N) is 2. The largest absolute Gasteiger partial charge is 0.455 e. The lowest BCUT2D eigenvalue weighted by molar-refractivity contribution is 0.0963. The number of para-hydroxylation sites is 3. The van der Waals surface area contributed by atoms with Crippen LogP contribution in [0.5, 0.6) is 11.5 Å². The molecule has 0 bridgehead atoms. The second-order valence-corrected chi connectivity index (χ2v) is 6.47. The van der Waals surface area contributed by atoms with E-state index in [0.29, 0.717) is 29.3 Å². The number of benzene rings is 3. The van der Waals surface area contributed by atoms with Crippen molar-refractivity contribution in [3.05, 3.63) is 90.0 Å². The molecule has 3 aromatic carbocycles. The van der Waals surface area contributed by atoms with E-state index in [1.807, 2.05) is 54.6 Å². The van der Waals surface area contributed by atoms with Crippen molar-refractivity contribution in [2.75, 3.05) is 19.4 Å². The number of hydrogen-bond donors (Lipinski definition) is 2. The molecule has 0 aliphatic carbocycles. The minimum atomic E-state index is -0.260. The summed E-state index contributed by atoms with van der Waals surface area (Å²) >= 11 is 0. The zero-order chi connectivity index (χ0) is 20.6. The lowest BCUT2D eigenvalue weighted by Gasteiger charge is -2.19. The van der Waals surface area contributed by atoms with E-state index in [1.54, 1.807) is 43.3 Å². The Morgan fingerprint density at radius 1 is 0.897 bits per heavy atom. The van der Waals surface area contributed by atoms with Crippen molar-refractivity contribution in [2.45, 2.75) is 6.54 Å². The van der Waals surface area contributed by atoms with Crippen LogP contribution in [0, 0.1) is 0 Å². The first-order chi connectivity index (χ1) is 14.1. The lowest BCUT2D eigenvalue weighted by Crippen LogP contribution is -2.31. The smallest absolute Gasteiger partial charge is 0.321 e. The first-order valence-electron chi connectivity index (χ1n) is 9.22. The highest BCUT2D eigenvalue weighted by molar-refractivity contribution is 5.94. The molecular formula is C23H23N3O3. The van der Waals surface area contributed by atoms with Crippen molar-refractivity contribution in [1.82, 2.24) is 10.2 Å². The molecule has 148 valence electrons. The van der Waals surface area contributed by atoms with Crippen molar-refractivity contribution < 1.29 is 14.3 Å². The van der Waals surface area contributed by atoms with Crippen LogP contribution in [0.15, 0.2) is 78.9 Å². The predicted octanol–water partition coefficient (Wildman–Crippen LogP) is 4.50. The standard InChI is InChI=1S/C23H23N3O3/c1-24-22(27)18-14-12-17(13-15-18)16-26(2)23(28)25-20-10-6-7-11-21(20)29-19-8-4-3-5-9-19/h3-15H,16H2,1-2H3,(H,24,27)(H,25,28). The van der Waals surface area contributed by atoms with Crippen LogP contribution in [0.25, 0.3) is 0 Å². The van der Waals surface area contributed by atoms with Gasteiger partial charge in [-0.25, -0.2) is 4.79 Å². The van der Waals surface area contributed by atoms with Gasteiger partial charge in [0.1, 0.15) is 5.75 Å². The van der Waals surface area contributed by atoms with Crippen molar-refractivity contribution >= 4 is 17.6 Å². The molecule has 3 rings (SSSR count). The van der Waals surface area contributed by atoms with E-state index >= 15 is 0 Å². The SMILES string of the molecule is CNC(=O)c1ccc(CN(C)C(=O)Nc2ccccc2Oc2ccccc2)cc1. The van der Waals surface area contributed by atoms with Crippen molar-refractivity contribution in [2.24, 2.45) is 0 Å². The molecule has 3 amide bonds. The predicted molar refractivity (Wildman–Crippen MR) is 113 cm³/mol. The molecule has 0 saturated heterocycles. The highest BCUT2D eigenvalue weighted by atomic mass is 16.5. The van der Waals surface area contributed by atoms with Crippen LogP contribution in [0.3, 0.4) is 0 Å². The fraction of sp³-hybridized carbons (Fsp3) is 0.130. The van der Waals surface area contributed by atoms with Gasteiger partial charge in [-0.1, -0.05) is 42.5 Å². The van der Waals surface area contributed by atoms with E-state index in [-0.39, 0.29) is 11.9 Å². The van der Waals surface area contributed by atoms with Gasteiger partial charge in [0, 0.05) is 26.2 Å². The fourth-order valence-electron chi connectivity index (χ4n) is 2.74. The number of amides is 3. The summed E-state index contributed by atoms with van der Waals surface area (Å²) in [6.45, 7) is 0.404. The summed E-state index contributed by atoms with van der Waals surface area (Å²) in [6, 6.07) is 23.6. The number of ether oxygens (including phenoxy) is 1. The number of anilines is 1. The van der Waals surface area contributed by atoms with Gasteiger partial charge in [-0.3, -0.25) is 4.79 Å². The van der Waals surface area contributed by atoms with Crippen LogP contribution in [-0.4, -0.2) is 30.9 Å². The Balaban J connectivity index is 1.65. The molecule has 2 N–H and O–H groups in total. The van der Waals surface area contributed by atoms with Gasteiger partial charge in [-0.15, -0.1) is 0 Å². The maximum Gasteiger partial charge on any atom is 0.321 e. The molecule has 0 heterocycles. The molecule has 6 heteroatoms. The van der Waals surface area contributed by atoms with Gasteiger partial charge in [0.05, 0.1) is 5.69 Å². The van der Waals surface area contributed by atoms with Crippen molar-refractivity contribution in [3.8, 4) is 11.5 Å². The third-order valence-corrected chi connectivity index (χ3v) is 4.31. The Bertz CT molecular complexity index is 972. The molecule has 6 nitrogen and oxygen atoms in total. The second-order valence-electron chi connectivity index (χ2n) is 6.47. The van der Waals surface area contributed by atoms with Crippen LogP contribution < -0.4 is 15.4 Å². The molecule has 0 fully saturated rings. The maximum atomic E-state index is 12.6. The van der Waals surface area contributed by atoms with Crippen LogP contribution in [0.1, 0.15) is 15.9 Å². The van der Waals surface area contributed by atoms with Gasteiger partial charge < -0.3 is 20.3 Å². The molecule has 29 heavy (non-hydrogen) atoms. The molecule has 0 aromatic heterocycles. The highest BCUT2D eigenvalue weighted by Crippen LogP contribution is 2.29. The maximum absolute atomic E-state index is 12.6. The summed E-state index contributed by atoms with van der Waals surface area (Å²) in [4.78, 5) is 25.8. The monoisotopic (exact) mass is 389 g/mol. The Kier molecular flexibility index (Phi) is 6.47. The molecule has 0 radical (unpaired) electrons. The minimum absolute atomic E-state index is 0.141. The third-order valence-electron chi connectivity index (χ3n) is 4.31. The summed E-state index contributed by atoms with van der Waals surface area (Å²) in [5, 5.41) is 5.47. The van der Waals surface area contributed by atoms with Crippen molar-refractivity contribution in [1.29, 1.82) is 0 Å². The molecule has 0 aliphatic rings. The number of urea groups is 1. The van der Waals surface area contributed by atoms with E-state index in [4.69, 9.17) is 4.74 Å². The molecule has 0 aliphatic heterocycles. The van der Waals surface area contributed by atoms with Gasteiger partial charge in [0.15, 0.2) is 5.75 Å². The number of hydrogen-bond acceptors (Lipinski definition) is 3. The molecule has 0 saturated carbocycles. The zero-order valence-electron chi connectivity index (χ0n) is 16.4. The van der Waals surface area contributed by atoms with Gasteiger partial charge >= 0.3 is 6.03 Å². The average molecular weight is 389 g/mol. The second kappa shape index (κ2) is 9.41. The van der Waals surface area contributed by atoms with Crippen molar-refractivity contribution in [3.63, 3.8) is 0 Å². The Morgan fingerprint density at radius 3 is 2.24 bits per heavy atom. The fourth-order valence-corrected chi connectivity index (χ4v) is 2.74. The molecule has 0 atom stereocenters. The molecule has 0 unspecified atom stereocenters. The topological polar surface area (TPSA) is 70.7 Å².